The molecule has 0 saturated carbocycles. The van der Waals surface area contributed by atoms with Crippen LogP contribution in [-0.2, 0) is 11.2 Å². The maximum absolute atomic E-state index is 11.4. The van der Waals surface area contributed by atoms with Crippen molar-refractivity contribution < 1.29 is 4.79 Å². The van der Waals surface area contributed by atoms with Crippen LogP contribution >= 0.6 is 0 Å². The van der Waals surface area contributed by atoms with Gasteiger partial charge in [-0.2, -0.15) is 0 Å². The summed E-state index contributed by atoms with van der Waals surface area (Å²) in [5.74, 6) is -0.531. The Hall–Kier alpha value is -1.87. The van der Waals surface area contributed by atoms with Gasteiger partial charge in [0, 0.05) is 6.54 Å². The van der Waals surface area contributed by atoms with E-state index in [4.69, 9.17) is 5.73 Å². The van der Waals surface area contributed by atoms with Crippen LogP contribution in [0.25, 0.3) is 10.8 Å². The zero-order chi connectivity index (χ0) is 14.7. The van der Waals surface area contributed by atoms with Crippen LogP contribution in [0.1, 0.15) is 24.0 Å². The number of primary amides is 1. The standard InChI is InChI=1S/C17H22N2O/c1-12(17(18)20)15-8-7-13-5-4-6-14(16(13)11-15)9-10-19(2)3/h4-8,11-12H,9-10H2,1-3H3,(H2,18,20). The highest BCUT2D eigenvalue weighted by atomic mass is 16.1. The Morgan fingerprint density at radius 1 is 1.25 bits per heavy atom. The van der Waals surface area contributed by atoms with Crippen molar-refractivity contribution in [1.82, 2.24) is 4.90 Å². The van der Waals surface area contributed by atoms with E-state index in [-0.39, 0.29) is 11.8 Å². The second-order valence-electron chi connectivity index (χ2n) is 5.58. The fourth-order valence-electron chi connectivity index (χ4n) is 2.35. The molecule has 3 nitrogen and oxygen atoms in total. The highest BCUT2D eigenvalue weighted by molar-refractivity contribution is 5.89. The van der Waals surface area contributed by atoms with Gasteiger partial charge in [0.15, 0.2) is 0 Å². The van der Waals surface area contributed by atoms with E-state index in [0.29, 0.717) is 0 Å². The summed E-state index contributed by atoms with van der Waals surface area (Å²) >= 11 is 0. The summed E-state index contributed by atoms with van der Waals surface area (Å²) in [6.07, 6.45) is 0.999. The van der Waals surface area contributed by atoms with Crippen molar-refractivity contribution in [3.8, 4) is 0 Å². The predicted octanol–water partition coefficient (Wildman–Crippen LogP) is 2.53. The van der Waals surface area contributed by atoms with Crippen LogP contribution in [0.4, 0.5) is 0 Å². The molecule has 0 saturated heterocycles. The zero-order valence-corrected chi connectivity index (χ0v) is 12.4. The van der Waals surface area contributed by atoms with Gasteiger partial charge in [-0.3, -0.25) is 4.79 Å². The number of likely N-dealkylation sites (N-methyl/N-ethyl adjacent to an activating group) is 1. The number of carbonyl (C=O) groups excluding carboxylic acids is 1. The van der Waals surface area contributed by atoms with Gasteiger partial charge in [0.2, 0.25) is 5.91 Å². The van der Waals surface area contributed by atoms with Gasteiger partial charge in [0.25, 0.3) is 0 Å². The summed E-state index contributed by atoms with van der Waals surface area (Å²) in [5, 5.41) is 2.43. The van der Waals surface area contributed by atoms with Gasteiger partial charge in [0.1, 0.15) is 0 Å². The van der Waals surface area contributed by atoms with Crippen LogP contribution < -0.4 is 5.73 Å². The third kappa shape index (κ3) is 3.17. The summed E-state index contributed by atoms with van der Waals surface area (Å²) in [6, 6.07) is 12.5. The molecule has 3 heteroatoms. The van der Waals surface area contributed by atoms with E-state index in [1.165, 1.54) is 16.3 Å². The molecule has 1 atom stereocenters. The molecule has 0 aromatic heterocycles. The van der Waals surface area contributed by atoms with Gasteiger partial charge in [-0.1, -0.05) is 36.4 Å². The first-order valence-corrected chi connectivity index (χ1v) is 6.94. The second kappa shape index (κ2) is 6.06. The fourth-order valence-corrected chi connectivity index (χ4v) is 2.35. The molecule has 1 unspecified atom stereocenters. The predicted molar refractivity (Wildman–Crippen MR) is 83.8 cm³/mol. The molecule has 20 heavy (non-hydrogen) atoms. The molecule has 0 spiro atoms. The number of fused-ring (bicyclic) bond motifs is 1. The van der Waals surface area contributed by atoms with Crippen molar-refractivity contribution in [3.63, 3.8) is 0 Å². The zero-order valence-electron chi connectivity index (χ0n) is 12.4. The van der Waals surface area contributed by atoms with E-state index >= 15 is 0 Å². The largest absolute Gasteiger partial charge is 0.369 e. The van der Waals surface area contributed by atoms with Gasteiger partial charge in [-0.15, -0.1) is 0 Å². The Morgan fingerprint density at radius 3 is 2.65 bits per heavy atom. The Morgan fingerprint density at radius 2 is 2.00 bits per heavy atom. The molecule has 0 radical (unpaired) electrons. The normalized spacial score (nSPS) is 12.8. The van der Waals surface area contributed by atoms with Crippen LogP contribution in [0.2, 0.25) is 0 Å². The average molecular weight is 270 g/mol. The number of hydrogen-bond acceptors (Lipinski definition) is 2. The highest BCUT2D eigenvalue weighted by Gasteiger charge is 2.12. The van der Waals surface area contributed by atoms with Crippen molar-refractivity contribution in [3.05, 3.63) is 47.5 Å². The van der Waals surface area contributed by atoms with Crippen LogP contribution in [0.15, 0.2) is 36.4 Å². The topological polar surface area (TPSA) is 46.3 Å². The monoisotopic (exact) mass is 270 g/mol. The van der Waals surface area contributed by atoms with Crippen LogP contribution in [0.3, 0.4) is 0 Å². The third-order valence-corrected chi connectivity index (χ3v) is 3.75. The van der Waals surface area contributed by atoms with Crippen LogP contribution in [0, 0.1) is 0 Å². The van der Waals surface area contributed by atoms with Gasteiger partial charge < -0.3 is 10.6 Å². The molecule has 0 aliphatic carbocycles. The highest BCUT2D eigenvalue weighted by Crippen LogP contribution is 2.24. The van der Waals surface area contributed by atoms with E-state index in [2.05, 4.69) is 49.3 Å². The van der Waals surface area contributed by atoms with Crippen molar-refractivity contribution in [2.45, 2.75) is 19.3 Å². The first-order chi connectivity index (χ1) is 9.49. The van der Waals surface area contributed by atoms with E-state index < -0.39 is 0 Å². The molecule has 2 aromatic rings. The molecule has 0 bridgehead atoms. The van der Waals surface area contributed by atoms with E-state index in [1.807, 2.05) is 13.0 Å². The average Bonchev–Trinajstić information content (AvgIpc) is 2.43. The van der Waals surface area contributed by atoms with Crippen LogP contribution in [0.5, 0.6) is 0 Å². The lowest BCUT2D eigenvalue weighted by atomic mass is 9.94. The quantitative estimate of drug-likeness (QED) is 0.907. The van der Waals surface area contributed by atoms with Crippen molar-refractivity contribution in [2.75, 3.05) is 20.6 Å². The number of amides is 1. The maximum atomic E-state index is 11.4. The number of hydrogen-bond donors (Lipinski definition) is 1. The number of rotatable bonds is 5. The number of carbonyl (C=O) groups is 1. The lowest BCUT2D eigenvalue weighted by Gasteiger charge is -2.13. The molecule has 2 rings (SSSR count). The first-order valence-electron chi connectivity index (χ1n) is 6.94. The third-order valence-electron chi connectivity index (χ3n) is 3.75. The Kier molecular flexibility index (Phi) is 4.40. The first kappa shape index (κ1) is 14.5. The number of benzene rings is 2. The minimum Gasteiger partial charge on any atom is -0.369 e. The van der Waals surface area contributed by atoms with Gasteiger partial charge in [-0.25, -0.2) is 0 Å². The van der Waals surface area contributed by atoms with Crippen molar-refractivity contribution in [2.24, 2.45) is 5.73 Å². The lowest BCUT2D eigenvalue weighted by molar-refractivity contribution is -0.119. The van der Waals surface area contributed by atoms with E-state index in [0.717, 1.165) is 18.5 Å². The lowest BCUT2D eigenvalue weighted by Crippen LogP contribution is -2.18. The van der Waals surface area contributed by atoms with Crippen molar-refractivity contribution >= 4 is 16.7 Å². The van der Waals surface area contributed by atoms with Gasteiger partial charge >= 0.3 is 0 Å². The van der Waals surface area contributed by atoms with E-state index in [1.54, 1.807) is 0 Å². The Bertz CT molecular complexity index is 619. The molecule has 0 heterocycles. The number of nitrogens with two attached hydrogens (primary N) is 1. The summed E-state index contributed by atoms with van der Waals surface area (Å²) in [7, 11) is 4.15. The smallest absolute Gasteiger partial charge is 0.224 e. The van der Waals surface area contributed by atoms with Crippen molar-refractivity contribution in [1.29, 1.82) is 0 Å². The second-order valence-corrected chi connectivity index (χ2v) is 5.58. The summed E-state index contributed by atoms with van der Waals surface area (Å²) in [6.45, 7) is 2.86. The molecule has 0 aliphatic heterocycles. The molecule has 0 fully saturated rings. The minimum absolute atomic E-state index is 0.249. The molecular weight excluding hydrogens is 248 g/mol. The molecular formula is C17H22N2O. The Labute approximate surface area is 120 Å². The minimum atomic E-state index is -0.282. The van der Waals surface area contributed by atoms with Gasteiger partial charge in [-0.05, 0) is 49.3 Å². The van der Waals surface area contributed by atoms with Crippen LogP contribution in [-0.4, -0.2) is 31.4 Å². The van der Waals surface area contributed by atoms with Gasteiger partial charge in [0.05, 0.1) is 5.92 Å². The molecule has 2 N–H and O–H groups in total. The summed E-state index contributed by atoms with van der Waals surface area (Å²) < 4.78 is 0. The molecule has 1 amide bonds. The SMILES string of the molecule is CC(C(N)=O)c1ccc2cccc(CCN(C)C)c2c1. The Balaban J connectivity index is 2.43. The fraction of sp³-hybridized carbons (Fsp3) is 0.353. The molecule has 0 aliphatic rings. The molecule has 106 valence electrons. The summed E-state index contributed by atoms with van der Waals surface area (Å²) in [4.78, 5) is 13.5. The number of nitrogens with zero attached hydrogens (tertiary/aromatic N) is 1. The maximum Gasteiger partial charge on any atom is 0.224 e. The van der Waals surface area contributed by atoms with E-state index in [9.17, 15) is 4.79 Å². The molecule has 2 aromatic carbocycles. The summed E-state index contributed by atoms with van der Waals surface area (Å²) in [5.41, 5.74) is 7.71.